The minimum absolute atomic E-state index is 0.193. The van der Waals surface area contributed by atoms with Crippen LogP contribution in [0.1, 0.15) is 15.9 Å². The van der Waals surface area contributed by atoms with Crippen molar-refractivity contribution in [2.24, 2.45) is 12.0 Å². The smallest absolute Gasteiger partial charge is 0.350 e. The number of alkyl halides is 3. The summed E-state index contributed by atoms with van der Waals surface area (Å²) in [6, 6.07) is 7.85. The molecule has 138 valence electrons. The summed E-state index contributed by atoms with van der Waals surface area (Å²) in [5.74, 6) is -0.436. The molecule has 0 saturated carbocycles. The van der Waals surface area contributed by atoms with Gasteiger partial charge in [0, 0.05) is 24.8 Å². The number of halogens is 3. The molecule has 0 aliphatic carbocycles. The molecule has 1 amide bonds. The number of hydrogen-bond donors (Lipinski definition) is 1. The van der Waals surface area contributed by atoms with Crippen molar-refractivity contribution >= 4 is 29.0 Å². The first-order chi connectivity index (χ1) is 12.8. The zero-order valence-corrected chi connectivity index (χ0v) is 14.0. The van der Waals surface area contributed by atoms with Crippen LogP contribution in [-0.4, -0.2) is 21.8 Å². The maximum Gasteiger partial charge on any atom is 0.416 e. The van der Waals surface area contributed by atoms with Gasteiger partial charge in [-0.3, -0.25) is 9.59 Å². The Bertz CT molecular complexity index is 1090. The van der Waals surface area contributed by atoms with Crippen LogP contribution < -0.4 is 10.7 Å². The lowest BCUT2D eigenvalue weighted by Crippen LogP contribution is -2.28. The fraction of sp³-hybridized carbons (Fsp3) is 0.111. The van der Waals surface area contributed by atoms with E-state index < -0.39 is 23.1 Å². The minimum atomic E-state index is -4.59. The molecule has 6 nitrogen and oxygen atoms in total. The predicted octanol–water partition coefficient (Wildman–Crippen LogP) is 3.04. The Morgan fingerprint density at radius 1 is 1.26 bits per heavy atom. The molecule has 2 aromatic heterocycles. The number of aryl methyl sites for hydroxylation is 1. The first-order valence-corrected chi connectivity index (χ1v) is 7.72. The molecular formula is C18H13F3N4O2. The maximum atomic E-state index is 12.9. The highest BCUT2D eigenvalue weighted by molar-refractivity contribution is 6.02. The number of benzene rings is 1. The van der Waals surface area contributed by atoms with Gasteiger partial charge in [-0.05, 0) is 30.3 Å². The van der Waals surface area contributed by atoms with Gasteiger partial charge in [0.15, 0.2) is 5.82 Å². The molecular weight excluding hydrogens is 361 g/mol. The van der Waals surface area contributed by atoms with Gasteiger partial charge in [-0.1, -0.05) is 6.07 Å². The van der Waals surface area contributed by atoms with E-state index in [1.165, 1.54) is 30.1 Å². The van der Waals surface area contributed by atoms with Crippen molar-refractivity contribution in [2.45, 2.75) is 6.18 Å². The number of carbonyl (C=O) groups is 1. The predicted molar refractivity (Wildman–Crippen MR) is 94.0 cm³/mol. The van der Waals surface area contributed by atoms with Gasteiger partial charge in [0.2, 0.25) is 5.43 Å². The first-order valence-electron chi connectivity index (χ1n) is 7.72. The molecule has 0 saturated heterocycles. The molecule has 0 unspecified atom stereocenters. The van der Waals surface area contributed by atoms with E-state index in [4.69, 9.17) is 0 Å². The zero-order valence-electron chi connectivity index (χ0n) is 14.0. The molecule has 3 rings (SSSR count). The number of fused-ring (bicyclic) bond motifs is 1. The van der Waals surface area contributed by atoms with E-state index in [1.54, 1.807) is 18.2 Å². The summed E-state index contributed by atoms with van der Waals surface area (Å²) in [5, 5.41) is 2.13. The summed E-state index contributed by atoms with van der Waals surface area (Å²) in [6.07, 6.45) is -0.735. The Morgan fingerprint density at radius 2 is 2.04 bits per heavy atom. The minimum Gasteiger partial charge on any atom is -0.350 e. The van der Waals surface area contributed by atoms with E-state index in [0.717, 1.165) is 18.5 Å². The third kappa shape index (κ3) is 3.86. The largest absolute Gasteiger partial charge is 0.416 e. The highest BCUT2D eigenvalue weighted by Gasteiger charge is 2.31. The van der Waals surface area contributed by atoms with Crippen molar-refractivity contribution < 1.29 is 18.0 Å². The number of nitrogens with one attached hydrogen (secondary N) is 1. The molecule has 0 aliphatic rings. The van der Waals surface area contributed by atoms with Crippen LogP contribution in [0.5, 0.6) is 0 Å². The molecule has 9 heteroatoms. The molecule has 3 aromatic rings. The van der Waals surface area contributed by atoms with Crippen LogP contribution in [0.25, 0.3) is 10.9 Å². The van der Waals surface area contributed by atoms with Gasteiger partial charge < -0.3 is 9.88 Å². The van der Waals surface area contributed by atoms with E-state index in [-0.39, 0.29) is 16.5 Å². The number of nitrogens with zero attached hydrogens (tertiary/aromatic N) is 3. The topological polar surface area (TPSA) is 76.3 Å². The third-order valence-electron chi connectivity index (χ3n) is 3.80. The SMILES string of the molecule is Cn1cc(C(=O)N/C=N\c2ccccn2)c(=O)c2cc(C(F)(F)F)ccc21. The van der Waals surface area contributed by atoms with Gasteiger partial charge in [0.1, 0.15) is 5.56 Å². The standard InChI is InChI=1S/C18H13F3N4O2/c1-25-9-13(17(27)24-10-23-15-4-2-3-7-22-15)16(26)12-8-11(18(19,20)21)5-6-14(12)25/h2-10H,1H3,(H,22,23,24,27). The molecule has 1 N–H and O–H groups in total. The summed E-state index contributed by atoms with van der Waals surface area (Å²) >= 11 is 0. The number of aromatic nitrogens is 2. The van der Waals surface area contributed by atoms with Crippen LogP contribution in [0.3, 0.4) is 0 Å². The zero-order chi connectivity index (χ0) is 19.6. The fourth-order valence-corrected chi connectivity index (χ4v) is 2.50. The van der Waals surface area contributed by atoms with Crippen LogP contribution in [0.2, 0.25) is 0 Å². The lowest BCUT2D eigenvalue weighted by molar-refractivity contribution is -0.137. The monoisotopic (exact) mass is 374 g/mol. The van der Waals surface area contributed by atoms with Gasteiger partial charge in [0.05, 0.1) is 17.4 Å². The van der Waals surface area contributed by atoms with E-state index >= 15 is 0 Å². The normalized spacial score (nSPS) is 11.9. The van der Waals surface area contributed by atoms with Gasteiger partial charge in [0.25, 0.3) is 5.91 Å². The van der Waals surface area contributed by atoms with Gasteiger partial charge in [-0.25, -0.2) is 9.98 Å². The number of aliphatic imine (C=N–C) groups is 1. The van der Waals surface area contributed by atoms with Crippen LogP contribution in [0.15, 0.2) is 58.6 Å². The number of amides is 1. The summed E-state index contributed by atoms with van der Waals surface area (Å²) < 4.78 is 40.2. The van der Waals surface area contributed by atoms with Gasteiger partial charge in [-0.15, -0.1) is 0 Å². The quantitative estimate of drug-likeness (QED) is 0.566. The van der Waals surface area contributed by atoms with Crippen molar-refractivity contribution in [3.05, 3.63) is 70.1 Å². The van der Waals surface area contributed by atoms with Crippen molar-refractivity contribution in [3.63, 3.8) is 0 Å². The van der Waals surface area contributed by atoms with Crippen molar-refractivity contribution in [2.75, 3.05) is 0 Å². The van der Waals surface area contributed by atoms with Crippen molar-refractivity contribution in [3.8, 4) is 0 Å². The molecule has 0 radical (unpaired) electrons. The highest BCUT2D eigenvalue weighted by Crippen LogP contribution is 2.30. The Balaban J connectivity index is 1.96. The summed E-state index contributed by atoms with van der Waals surface area (Å²) in [4.78, 5) is 32.7. The van der Waals surface area contributed by atoms with E-state index in [1.807, 2.05) is 0 Å². The molecule has 0 fully saturated rings. The summed E-state index contributed by atoms with van der Waals surface area (Å²) in [5.41, 5.74) is -1.76. The number of rotatable bonds is 3. The number of hydrogen-bond acceptors (Lipinski definition) is 4. The van der Waals surface area contributed by atoms with Crippen molar-refractivity contribution in [1.82, 2.24) is 14.9 Å². The van der Waals surface area contributed by atoms with Gasteiger partial charge in [-0.2, -0.15) is 13.2 Å². The van der Waals surface area contributed by atoms with Gasteiger partial charge >= 0.3 is 6.18 Å². The van der Waals surface area contributed by atoms with Crippen LogP contribution in [-0.2, 0) is 13.2 Å². The first kappa shape index (κ1) is 18.3. The average molecular weight is 374 g/mol. The van der Waals surface area contributed by atoms with Crippen LogP contribution in [0.4, 0.5) is 19.0 Å². The Kier molecular flexibility index (Phi) is 4.76. The Labute approximate surface area is 151 Å². The molecule has 0 aliphatic heterocycles. The van der Waals surface area contributed by atoms with Crippen LogP contribution in [0, 0.1) is 0 Å². The second kappa shape index (κ2) is 7.02. The van der Waals surface area contributed by atoms with E-state index in [2.05, 4.69) is 15.3 Å². The highest BCUT2D eigenvalue weighted by atomic mass is 19.4. The number of pyridine rings is 2. The van der Waals surface area contributed by atoms with E-state index in [9.17, 15) is 22.8 Å². The van der Waals surface area contributed by atoms with E-state index in [0.29, 0.717) is 5.82 Å². The fourth-order valence-electron chi connectivity index (χ4n) is 2.50. The Morgan fingerprint density at radius 3 is 2.70 bits per heavy atom. The maximum absolute atomic E-state index is 12.9. The molecule has 27 heavy (non-hydrogen) atoms. The molecule has 1 aromatic carbocycles. The molecule has 0 spiro atoms. The Hall–Kier alpha value is -3.49. The van der Waals surface area contributed by atoms with Crippen molar-refractivity contribution in [1.29, 1.82) is 0 Å². The molecule has 0 atom stereocenters. The number of carbonyl (C=O) groups excluding carboxylic acids is 1. The summed E-state index contributed by atoms with van der Waals surface area (Å²) in [6.45, 7) is 0. The third-order valence-corrected chi connectivity index (χ3v) is 3.80. The van der Waals surface area contributed by atoms with Crippen LogP contribution >= 0.6 is 0 Å². The second-order valence-corrected chi connectivity index (χ2v) is 5.63. The average Bonchev–Trinajstić information content (AvgIpc) is 2.64. The second-order valence-electron chi connectivity index (χ2n) is 5.63. The lowest BCUT2D eigenvalue weighted by atomic mass is 10.1. The molecule has 2 heterocycles. The summed E-state index contributed by atoms with van der Waals surface area (Å²) in [7, 11) is 1.54. The molecule has 0 bridgehead atoms. The lowest BCUT2D eigenvalue weighted by Gasteiger charge is -2.11.